The van der Waals surface area contributed by atoms with Gasteiger partial charge in [0.15, 0.2) is 5.78 Å². The standard InChI is InChI=1S/C14H9ClF2O2/c1-19-8-6-11(16)13(12(17)7-8)14(18)9-4-2-3-5-10(9)15/h2-7H,1H3. The fourth-order valence-corrected chi connectivity index (χ4v) is 1.89. The molecule has 0 aliphatic rings. The number of ketones is 1. The second kappa shape index (κ2) is 5.36. The molecule has 5 heteroatoms. The summed E-state index contributed by atoms with van der Waals surface area (Å²) in [6.07, 6.45) is 0. The first-order valence-electron chi connectivity index (χ1n) is 5.37. The number of methoxy groups -OCH3 is 1. The van der Waals surface area contributed by atoms with Gasteiger partial charge < -0.3 is 4.74 Å². The molecule has 0 saturated heterocycles. The average Bonchev–Trinajstić information content (AvgIpc) is 2.38. The molecule has 0 spiro atoms. The lowest BCUT2D eigenvalue weighted by Gasteiger charge is -2.08. The van der Waals surface area contributed by atoms with Gasteiger partial charge in [-0.05, 0) is 12.1 Å². The third kappa shape index (κ3) is 2.58. The van der Waals surface area contributed by atoms with Crippen LogP contribution in [0.4, 0.5) is 8.78 Å². The van der Waals surface area contributed by atoms with Crippen LogP contribution in [0.15, 0.2) is 36.4 Å². The van der Waals surface area contributed by atoms with Crippen molar-refractivity contribution in [2.24, 2.45) is 0 Å². The predicted molar refractivity (Wildman–Crippen MR) is 67.8 cm³/mol. The maximum Gasteiger partial charge on any atom is 0.200 e. The SMILES string of the molecule is COc1cc(F)c(C(=O)c2ccccc2Cl)c(F)c1. The normalized spacial score (nSPS) is 10.3. The summed E-state index contributed by atoms with van der Waals surface area (Å²) in [7, 11) is 1.28. The molecule has 98 valence electrons. The van der Waals surface area contributed by atoms with Crippen molar-refractivity contribution in [2.75, 3.05) is 7.11 Å². The highest BCUT2D eigenvalue weighted by molar-refractivity contribution is 6.35. The van der Waals surface area contributed by atoms with Crippen molar-refractivity contribution in [2.45, 2.75) is 0 Å². The summed E-state index contributed by atoms with van der Waals surface area (Å²) < 4.78 is 32.3. The average molecular weight is 283 g/mol. The highest BCUT2D eigenvalue weighted by atomic mass is 35.5. The van der Waals surface area contributed by atoms with Crippen molar-refractivity contribution in [1.29, 1.82) is 0 Å². The molecule has 2 nitrogen and oxygen atoms in total. The van der Waals surface area contributed by atoms with Gasteiger partial charge in [0.2, 0.25) is 0 Å². The van der Waals surface area contributed by atoms with Crippen molar-refractivity contribution >= 4 is 17.4 Å². The first kappa shape index (κ1) is 13.5. The van der Waals surface area contributed by atoms with Gasteiger partial charge in [0.25, 0.3) is 0 Å². The van der Waals surface area contributed by atoms with Crippen LogP contribution in [-0.4, -0.2) is 12.9 Å². The van der Waals surface area contributed by atoms with Gasteiger partial charge in [0.1, 0.15) is 17.4 Å². The van der Waals surface area contributed by atoms with Crippen molar-refractivity contribution in [3.8, 4) is 5.75 Å². The number of benzene rings is 2. The van der Waals surface area contributed by atoms with E-state index >= 15 is 0 Å². The smallest absolute Gasteiger partial charge is 0.200 e. The van der Waals surface area contributed by atoms with E-state index in [4.69, 9.17) is 16.3 Å². The summed E-state index contributed by atoms with van der Waals surface area (Å²) in [4.78, 5) is 12.1. The Balaban J connectivity index is 2.54. The maximum absolute atomic E-state index is 13.8. The molecule has 0 fully saturated rings. The van der Waals surface area contributed by atoms with Crippen LogP contribution < -0.4 is 4.74 Å². The zero-order chi connectivity index (χ0) is 14.0. The van der Waals surface area contributed by atoms with E-state index in [1.54, 1.807) is 12.1 Å². The fraction of sp³-hybridized carbons (Fsp3) is 0.0714. The summed E-state index contributed by atoms with van der Waals surface area (Å²) in [5.74, 6) is -2.77. The number of carbonyl (C=O) groups excluding carboxylic acids is 1. The van der Waals surface area contributed by atoms with E-state index in [2.05, 4.69) is 0 Å². The minimum absolute atomic E-state index is 0.00529. The van der Waals surface area contributed by atoms with Crippen LogP contribution in [0.3, 0.4) is 0 Å². The fourth-order valence-electron chi connectivity index (χ4n) is 1.66. The number of ether oxygens (including phenoxy) is 1. The summed E-state index contributed by atoms with van der Waals surface area (Å²) in [6, 6.07) is 7.99. The van der Waals surface area contributed by atoms with Crippen LogP contribution in [-0.2, 0) is 0 Å². The van der Waals surface area contributed by atoms with Crippen molar-refractivity contribution in [3.05, 3.63) is 64.2 Å². The lowest BCUT2D eigenvalue weighted by molar-refractivity contribution is 0.103. The molecule has 2 rings (SSSR count). The third-order valence-electron chi connectivity index (χ3n) is 2.60. The molecule has 0 unspecified atom stereocenters. The third-order valence-corrected chi connectivity index (χ3v) is 2.93. The van der Waals surface area contributed by atoms with Gasteiger partial charge in [-0.25, -0.2) is 8.78 Å². The zero-order valence-electron chi connectivity index (χ0n) is 9.91. The molecular weight excluding hydrogens is 274 g/mol. The number of halogens is 3. The Morgan fingerprint density at radius 2 is 1.74 bits per heavy atom. The van der Waals surface area contributed by atoms with Gasteiger partial charge in [-0.15, -0.1) is 0 Å². The Bertz CT molecular complexity index is 618. The predicted octanol–water partition coefficient (Wildman–Crippen LogP) is 3.86. The highest BCUT2D eigenvalue weighted by Gasteiger charge is 2.22. The van der Waals surface area contributed by atoms with Gasteiger partial charge >= 0.3 is 0 Å². The molecule has 2 aromatic carbocycles. The number of carbonyl (C=O) groups is 1. The second-order valence-electron chi connectivity index (χ2n) is 3.78. The van der Waals surface area contributed by atoms with Crippen molar-refractivity contribution in [3.63, 3.8) is 0 Å². The summed E-state index contributed by atoms with van der Waals surface area (Å²) in [6.45, 7) is 0. The van der Waals surface area contributed by atoms with Gasteiger partial charge in [-0.1, -0.05) is 23.7 Å². The van der Waals surface area contributed by atoms with Gasteiger partial charge in [0, 0.05) is 17.7 Å². The minimum Gasteiger partial charge on any atom is -0.497 e. The topological polar surface area (TPSA) is 26.3 Å². The summed E-state index contributed by atoms with van der Waals surface area (Å²) >= 11 is 5.84. The van der Waals surface area contributed by atoms with E-state index in [1.807, 2.05) is 0 Å². The zero-order valence-corrected chi connectivity index (χ0v) is 10.7. The molecule has 0 N–H and O–H groups in total. The highest BCUT2D eigenvalue weighted by Crippen LogP contribution is 2.25. The minimum atomic E-state index is -0.984. The Hall–Kier alpha value is -1.94. The van der Waals surface area contributed by atoms with Crippen molar-refractivity contribution in [1.82, 2.24) is 0 Å². The van der Waals surface area contributed by atoms with E-state index in [0.717, 1.165) is 12.1 Å². The molecule has 0 aliphatic carbocycles. The Labute approximate surface area is 113 Å². The molecule has 0 atom stereocenters. The molecule has 0 saturated carbocycles. The molecule has 2 aromatic rings. The first-order chi connectivity index (χ1) is 9.04. The van der Waals surface area contributed by atoms with Crippen molar-refractivity contribution < 1.29 is 18.3 Å². The molecule has 0 aliphatic heterocycles. The van der Waals surface area contributed by atoms with Crippen LogP contribution >= 0.6 is 11.6 Å². The van der Waals surface area contributed by atoms with Crippen LogP contribution in [0.25, 0.3) is 0 Å². The molecular formula is C14H9ClF2O2. The number of hydrogen-bond donors (Lipinski definition) is 0. The van der Waals surface area contributed by atoms with E-state index in [0.29, 0.717) is 0 Å². The Morgan fingerprint density at radius 1 is 1.16 bits per heavy atom. The molecule has 0 radical (unpaired) electrons. The second-order valence-corrected chi connectivity index (χ2v) is 4.18. The number of rotatable bonds is 3. The van der Waals surface area contributed by atoms with Crippen LogP contribution in [0.1, 0.15) is 15.9 Å². The van der Waals surface area contributed by atoms with E-state index in [1.165, 1.54) is 19.2 Å². The Morgan fingerprint density at radius 3 is 2.26 bits per heavy atom. The quantitative estimate of drug-likeness (QED) is 0.799. The van der Waals surface area contributed by atoms with Crippen LogP contribution in [0, 0.1) is 11.6 Å². The number of hydrogen-bond acceptors (Lipinski definition) is 2. The molecule has 0 aromatic heterocycles. The first-order valence-corrected chi connectivity index (χ1v) is 5.74. The van der Waals surface area contributed by atoms with Crippen LogP contribution in [0.5, 0.6) is 5.75 Å². The molecule has 19 heavy (non-hydrogen) atoms. The molecule has 0 bridgehead atoms. The summed E-state index contributed by atoms with van der Waals surface area (Å²) in [5.41, 5.74) is -0.596. The van der Waals surface area contributed by atoms with E-state index in [-0.39, 0.29) is 16.3 Å². The molecule has 0 amide bonds. The Kier molecular flexibility index (Phi) is 3.81. The maximum atomic E-state index is 13.8. The van der Waals surface area contributed by atoms with Gasteiger partial charge in [-0.2, -0.15) is 0 Å². The van der Waals surface area contributed by atoms with E-state index in [9.17, 15) is 13.6 Å². The van der Waals surface area contributed by atoms with Gasteiger partial charge in [-0.3, -0.25) is 4.79 Å². The lowest BCUT2D eigenvalue weighted by atomic mass is 10.0. The lowest BCUT2D eigenvalue weighted by Crippen LogP contribution is -2.08. The monoisotopic (exact) mass is 282 g/mol. The molecule has 0 heterocycles. The summed E-state index contributed by atoms with van der Waals surface area (Å²) in [5, 5.41) is 0.141. The largest absolute Gasteiger partial charge is 0.497 e. The van der Waals surface area contributed by atoms with Crippen LogP contribution in [0.2, 0.25) is 5.02 Å². The van der Waals surface area contributed by atoms with Gasteiger partial charge in [0.05, 0.1) is 17.7 Å². The van der Waals surface area contributed by atoms with E-state index < -0.39 is 23.0 Å².